The van der Waals surface area contributed by atoms with E-state index in [2.05, 4.69) is 31.6 Å². The van der Waals surface area contributed by atoms with E-state index in [1.54, 1.807) is 4.52 Å². The number of amides is 1. The van der Waals surface area contributed by atoms with Crippen molar-refractivity contribution in [2.75, 3.05) is 23.3 Å². The number of para-hydroxylation sites is 2. The predicted molar refractivity (Wildman–Crippen MR) is 101 cm³/mol. The van der Waals surface area contributed by atoms with Gasteiger partial charge in [0.25, 0.3) is 5.91 Å². The van der Waals surface area contributed by atoms with Crippen LogP contribution in [0.25, 0.3) is 5.65 Å². The van der Waals surface area contributed by atoms with Crippen molar-refractivity contribution in [1.82, 2.24) is 19.8 Å². The van der Waals surface area contributed by atoms with E-state index in [9.17, 15) is 4.79 Å². The molecule has 7 nitrogen and oxygen atoms in total. The molecule has 26 heavy (non-hydrogen) atoms. The first-order chi connectivity index (χ1) is 12.6. The second-order valence-electron chi connectivity index (χ2n) is 6.71. The fourth-order valence-electron chi connectivity index (χ4n) is 3.46. The van der Waals surface area contributed by atoms with Crippen LogP contribution in [-0.2, 0) is 0 Å². The summed E-state index contributed by atoms with van der Waals surface area (Å²) >= 11 is 0. The standard InChI is InChI=1S/C19H22N6O/c1-13-12-17-21-22-18(14(2)25(17)23-13)19(26)20-15-8-4-5-9-16(15)24-10-6-3-7-11-24/h4-5,8-9,12H,3,6-7,10-11H2,1-2H3,(H,20,26). The maximum Gasteiger partial charge on any atom is 0.278 e. The molecule has 0 aliphatic carbocycles. The Morgan fingerprint density at radius 2 is 1.85 bits per heavy atom. The molecule has 0 radical (unpaired) electrons. The van der Waals surface area contributed by atoms with E-state index in [0.29, 0.717) is 11.3 Å². The van der Waals surface area contributed by atoms with Gasteiger partial charge < -0.3 is 10.2 Å². The topological polar surface area (TPSA) is 75.4 Å². The van der Waals surface area contributed by atoms with Crippen LogP contribution in [0, 0.1) is 13.8 Å². The van der Waals surface area contributed by atoms with Crippen LogP contribution in [0.5, 0.6) is 0 Å². The Hall–Kier alpha value is -2.96. The van der Waals surface area contributed by atoms with Crippen LogP contribution in [0.15, 0.2) is 30.3 Å². The zero-order valence-corrected chi connectivity index (χ0v) is 15.1. The van der Waals surface area contributed by atoms with Crippen molar-refractivity contribution in [3.8, 4) is 0 Å². The minimum atomic E-state index is -0.269. The summed E-state index contributed by atoms with van der Waals surface area (Å²) in [6.45, 7) is 5.76. The van der Waals surface area contributed by atoms with E-state index in [4.69, 9.17) is 0 Å². The third kappa shape index (κ3) is 3.00. The van der Waals surface area contributed by atoms with E-state index in [-0.39, 0.29) is 11.6 Å². The van der Waals surface area contributed by atoms with Gasteiger partial charge in [0.1, 0.15) is 0 Å². The molecule has 0 atom stereocenters. The van der Waals surface area contributed by atoms with E-state index in [1.807, 2.05) is 38.1 Å². The molecule has 0 bridgehead atoms. The van der Waals surface area contributed by atoms with Gasteiger partial charge in [-0.15, -0.1) is 10.2 Å². The molecule has 3 aromatic rings. The minimum absolute atomic E-state index is 0.269. The zero-order chi connectivity index (χ0) is 18.1. The molecule has 7 heteroatoms. The number of fused-ring (bicyclic) bond motifs is 1. The first-order valence-corrected chi connectivity index (χ1v) is 8.98. The number of carbonyl (C=O) groups is 1. The molecular weight excluding hydrogens is 328 g/mol. The molecule has 0 spiro atoms. The second-order valence-corrected chi connectivity index (χ2v) is 6.71. The normalized spacial score (nSPS) is 14.6. The zero-order valence-electron chi connectivity index (χ0n) is 15.1. The average molecular weight is 350 g/mol. The summed E-state index contributed by atoms with van der Waals surface area (Å²) in [4.78, 5) is 15.2. The highest BCUT2D eigenvalue weighted by molar-refractivity contribution is 6.05. The molecule has 1 N–H and O–H groups in total. The van der Waals surface area contributed by atoms with Crippen molar-refractivity contribution >= 4 is 22.9 Å². The highest BCUT2D eigenvalue weighted by Crippen LogP contribution is 2.28. The lowest BCUT2D eigenvalue weighted by Crippen LogP contribution is -2.30. The van der Waals surface area contributed by atoms with Crippen molar-refractivity contribution in [2.45, 2.75) is 33.1 Å². The van der Waals surface area contributed by atoms with Crippen molar-refractivity contribution in [1.29, 1.82) is 0 Å². The van der Waals surface area contributed by atoms with Gasteiger partial charge in [-0.05, 0) is 45.2 Å². The maximum absolute atomic E-state index is 12.8. The molecule has 0 unspecified atom stereocenters. The van der Waals surface area contributed by atoms with E-state index in [0.717, 1.165) is 30.2 Å². The highest BCUT2D eigenvalue weighted by atomic mass is 16.2. The van der Waals surface area contributed by atoms with Gasteiger partial charge >= 0.3 is 0 Å². The van der Waals surface area contributed by atoms with Gasteiger partial charge in [0.15, 0.2) is 11.3 Å². The first kappa shape index (κ1) is 16.5. The van der Waals surface area contributed by atoms with E-state index < -0.39 is 0 Å². The molecule has 1 aliphatic heterocycles. The first-order valence-electron chi connectivity index (χ1n) is 8.98. The van der Waals surface area contributed by atoms with Gasteiger partial charge in [-0.25, -0.2) is 4.52 Å². The van der Waals surface area contributed by atoms with Crippen LogP contribution in [0.3, 0.4) is 0 Å². The quantitative estimate of drug-likeness (QED) is 0.786. The van der Waals surface area contributed by atoms with E-state index >= 15 is 0 Å². The van der Waals surface area contributed by atoms with Crippen molar-refractivity contribution in [2.24, 2.45) is 0 Å². The molecule has 3 heterocycles. The molecule has 1 aliphatic rings. The molecule has 1 fully saturated rings. The summed E-state index contributed by atoms with van der Waals surface area (Å²) in [5.74, 6) is -0.269. The Labute approximate surface area is 152 Å². The Bertz CT molecular complexity index is 958. The Morgan fingerprint density at radius 3 is 2.65 bits per heavy atom. The minimum Gasteiger partial charge on any atom is -0.370 e. The second kappa shape index (κ2) is 6.74. The fraction of sp³-hybridized carbons (Fsp3) is 0.368. The molecular formula is C19H22N6O. The third-order valence-corrected chi connectivity index (χ3v) is 4.79. The molecule has 4 rings (SSSR count). The van der Waals surface area contributed by atoms with Crippen LogP contribution in [0.2, 0.25) is 0 Å². The Morgan fingerprint density at radius 1 is 1.08 bits per heavy atom. The number of nitrogens with zero attached hydrogens (tertiary/aromatic N) is 5. The number of aryl methyl sites for hydroxylation is 2. The summed E-state index contributed by atoms with van der Waals surface area (Å²) in [6, 6.07) is 9.76. The number of hydrogen-bond acceptors (Lipinski definition) is 5. The molecule has 134 valence electrons. The van der Waals surface area contributed by atoms with Crippen LogP contribution in [-0.4, -0.2) is 38.8 Å². The van der Waals surface area contributed by atoms with Gasteiger partial charge in [-0.2, -0.15) is 5.10 Å². The Balaban J connectivity index is 1.64. The van der Waals surface area contributed by atoms with Crippen molar-refractivity contribution in [3.63, 3.8) is 0 Å². The van der Waals surface area contributed by atoms with Crippen LogP contribution in [0.1, 0.15) is 41.1 Å². The number of piperidine rings is 1. The summed E-state index contributed by atoms with van der Waals surface area (Å²) in [5.41, 5.74) is 4.31. The largest absolute Gasteiger partial charge is 0.370 e. The van der Waals surface area contributed by atoms with E-state index in [1.165, 1.54) is 19.3 Å². The lowest BCUT2D eigenvalue weighted by molar-refractivity contribution is 0.102. The number of benzene rings is 1. The average Bonchev–Trinajstić information content (AvgIpc) is 3.04. The summed E-state index contributed by atoms with van der Waals surface area (Å²) < 4.78 is 1.66. The van der Waals surface area contributed by atoms with Gasteiger partial charge in [0.05, 0.1) is 22.8 Å². The van der Waals surface area contributed by atoms with Gasteiger partial charge in [0, 0.05) is 19.2 Å². The molecule has 1 amide bonds. The Kier molecular flexibility index (Phi) is 4.28. The van der Waals surface area contributed by atoms with Crippen LogP contribution >= 0.6 is 0 Å². The van der Waals surface area contributed by atoms with Gasteiger partial charge in [-0.1, -0.05) is 12.1 Å². The van der Waals surface area contributed by atoms with Gasteiger partial charge in [-0.3, -0.25) is 4.79 Å². The molecule has 1 aromatic carbocycles. The maximum atomic E-state index is 12.8. The molecule has 1 saturated heterocycles. The molecule has 2 aromatic heterocycles. The summed E-state index contributed by atoms with van der Waals surface area (Å²) in [6.07, 6.45) is 3.63. The van der Waals surface area contributed by atoms with Gasteiger partial charge in [0.2, 0.25) is 0 Å². The monoisotopic (exact) mass is 350 g/mol. The lowest BCUT2D eigenvalue weighted by atomic mass is 10.1. The predicted octanol–water partition coefficient (Wildman–Crippen LogP) is 2.98. The summed E-state index contributed by atoms with van der Waals surface area (Å²) in [7, 11) is 0. The van der Waals surface area contributed by atoms with Crippen molar-refractivity contribution in [3.05, 3.63) is 47.4 Å². The summed E-state index contributed by atoms with van der Waals surface area (Å²) in [5, 5.41) is 15.6. The highest BCUT2D eigenvalue weighted by Gasteiger charge is 2.19. The number of rotatable bonds is 3. The third-order valence-electron chi connectivity index (χ3n) is 4.79. The lowest BCUT2D eigenvalue weighted by Gasteiger charge is -2.30. The number of carbonyl (C=O) groups excluding carboxylic acids is 1. The number of hydrogen-bond donors (Lipinski definition) is 1. The SMILES string of the molecule is Cc1cc2nnc(C(=O)Nc3ccccc3N3CCCCC3)c(C)n2n1. The number of anilines is 2. The number of aromatic nitrogens is 4. The number of nitrogens with one attached hydrogen (secondary N) is 1. The van der Waals surface area contributed by atoms with Crippen LogP contribution < -0.4 is 10.2 Å². The van der Waals surface area contributed by atoms with Crippen molar-refractivity contribution < 1.29 is 4.79 Å². The fourth-order valence-corrected chi connectivity index (χ4v) is 3.46. The smallest absolute Gasteiger partial charge is 0.278 e. The molecule has 0 saturated carbocycles. The van der Waals surface area contributed by atoms with Crippen LogP contribution in [0.4, 0.5) is 11.4 Å².